The van der Waals surface area contributed by atoms with E-state index in [9.17, 15) is 9.59 Å². The Kier molecular flexibility index (Phi) is 11.9. The van der Waals surface area contributed by atoms with Gasteiger partial charge in [-0.2, -0.15) is 10.2 Å². The van der Waals surface area contributed by atoms with Crippen LogP contribution in [0.2, 0.25) is 0 Å². The Balaban J connectivity index is 0.000000173. The molecule has 0 aliphatic carbocycles. The summed E-state index contributed by atoms with van der Waals surface area (Å²) >= 11 is 6.62. The first kappa shape index (κ1) is 34.9. The number of hydrogen-bond donors (Lipinski definition) is 3. The monoisotopic (exact) mass is 769 g/mol. The van der Waals surface area contributed by atoms with Crippen LogP contribution in [0.4, 0.5) is 5.69 Å². The molecule has 6 aromatic rings. The summed E-state index contributed by atoms with van der Waals surface area (Å²) < 4.78 is 23.2. The average Bonchev–Trinajstić information content (AvgIpc) is 3.69. The molecule has 0 bridgehead atoms. The van der Waals surface area contributed by atoms with Gasteiger partial charge in [0.25, 0.3) is 0 Å². The smallest absolute Gasteiger partial charge is 0.359 e. The van der Waals surface area contributed by atoms with E-state index in [0.29, 0.717) is 28.0 Å². The van der Waals surface area contributed by atoms with Crippen molar-refractivity contribution >= 4 is 71.3 Å². The SMILES string of the molecule is COC(=O)c1n[nH]c2ccc(OC)cc12.COC(=O)c1nn(-c2cccc(Br)c2)c2ccc(OC)cc12.ON(O)c1cccc(Br)c1. The minimum absolute atomic E-state index is 0.0742. The number of nitrogens with one attached hydrogen (secondary N) is 1. The number of halogens is 2. The van der Waals surface area contributed by atoms with E-state index in [1.807, 2.05) is 36.4 Å². The molecule has 0 amide bonds. The number of rotatable bonds is 6. The first-order chi connectivity index (χ1) is 22.6. The lowest BCUT2D eigenvalue weighted by Gasteiger charge is -2.06. The summed E-state index contributed by atoms with van der Waals surface area (Å²) in [4.78, 5) is 23.3. The van der Waals surface area contributed by atoms with Crippen LogP contribution in [0.3, 0.4) is 0 Å². The van der Waals surface area contributed by atoms with E-state index < -0.39 is 11.9 Å². The van der Waals surface area contributed by atoms with E-state index in [1.165, 1.54) is 14.2 Å². The summed E-state index contributed by atoms with van der Waals surface area (Å²) in [6, 6.07) is 25.2. The number of esters is 2. The van der Waals surface area contributed by atoms with E-state index in [1.54, 1.807) is 67.4 Å². The van der Waals surface area contributed by atoms with Gasteiger partial charge in [0.1, 0.15) is 11.5 Å². The molecule has 0 saturated heterocycles. The van der Waals surface area contributed by atoms with Gasteiger partial charge in [0.15, 0.2) is 11.4 Å². The lowest BCUT2D eigenvalue weighted by molar-refractivity contribution is 0.0291. The van der Waals surface area contributed by atoms with Crippen LogP contribution in [0.15, 0.2) is 93.9 Å². The Morgan fingerprint density at radius 2 is 1.34 bits per heavy atom. The Bertz CT molecular complexity index is 2010. The molecule has 0 fully saturated rings. The minimum Gasteiger partial charge on any atom is -0.497 e. The number of anilines is 1. The zero-order valence-corrected chi connectivity index (χ0v) is 28.6. The summed E-state index contributed by atoms with van der Waals surface area (Å²) in [5, 5.41) is 29.5. The predicted octanol–water partition coefficient (Wildman–Crippen LogP) is 6.98. The van der Waals surface area contributed by atoms with Gasteiger partial charge in [0.05, 0.1) is 50.8 Å². The van der Waals surface area contributed by atoms with Crippen molar-refractivity contribution in [3.63, 3.8) is 0 Å². The number of H-pyrrole nitrogens is 1. The van der Waals surface area contributed by atoms with E-state index in [4.69, 9.17) is 24.6 Å². The van der Waals surface area contributed by atoms with Gasteiger partial charge in [-0.05, 0) is 72.8 Å². The number of carbonyl (C=O) groups excluding carboxylic acids is 2. The molecular formula is C32H29Br2N5O8. The number of hydrogen-bond acceptors (Lipinski definition) is 11. The van der Waals surface area contributed by atoms with Crippen molar-refractivity contribution in [1.29, 1.82) is 0 Å². The number of aromatic amines is 1. The molecule has 3 N–H and O–H groups in total. The lowest BCUT2D eigenvalue weighted by atomic mass is 10.2. The third kappa shape index (κ3) is 8.45. The van der Waals surface area contributed by atoms with Gasteiger partial charge in [0, 0.05) is 19.7 Å². The van der Waals surface area contributed by atoms with Crippen molar-refractivity contribution in [1.82, 2.24) is 20.0 Å². The van der Waals surface area contributed by atoms with Crippen molar-refractivity contribution in [2.45, 2.75) is 0 Å². The topological polar surface area (TPSA) is 161 Å². The number of nitrogens with zero attached hydrogens (tertiary/aromatic N) is 4. The molecule has 0 saturated carbocycles. The molecule has 47 heavy (non-hydrogen) atoms. The minimum atomic E-state index is -0.480. The van der Waals surface area contributed by atoms with Crippen LogP contribution in [-0.4, -0.2) is 70.8 Å². The van der Waals surface area contributed by atoms with Crippen molar-refractivity contribution < 1.29 is 39.0 Å². The Morgan fingerprint density at radius 1 is 0.745 bits per heavy atom. The van der Waals surface area contributed by atoms with Crippen molar-refractivity contribution in [2.24, 2.45) is 0 Å². The van der Waals surface area contributed by atoms with Crippen molar-refractivity contribution in [2.75, 3.05) is 33.7 Å². The highest BCUT2D eigenvalue weighted by atomic mass is 79.9. The van der Waals surface area contributed by atoms with Gasteiger partial charge < -0.3 is 18.9 Å². The molecule has 4 aromatic carbocycles. The van der Waals surface area contributed by atoms with Crippen LogP contribution in [0, 0.1) is 0 Å². The van der Waals surface area contributed by atoms with E-state index in [2.05, 4.69) is 51.9 Å². The van der Waals surface area contributed by atoms with Crippen molar-refractivity contribution in [3.05, 3.63) is 105 Å². The lowest BCUT2D eigenvalue weighted by Crippen LogP contribution is -2.10. The Labute approximate surface area is 285 Å². The first-order valence-electron chi connectivity index (χ1n) is 13.5. The van der Waals surface area contributed by atoms with Crippen LogP contribution in [-0.2, 0) is 9.47 Å². The molecule has 244 valence electrons. The zero-order chi connectivity index (χ0) is 34.1. The van der Waals surface area contributed by atoms with E-state index in [0.717, 1.165) is 25.7 Å². The number of ether oxygens (including phenoxy) is 4. The Morgan fingerprint density at radius 3 is 1.91 bits per heavy atom. The predicted molar refractivity (Wildman–Crippen MR) is 181 cm³/mol. The fourth-order valence-corrected chi connectivity index (χ4v) is 5.02. The first-order valence-corrected chi connectivity index (χ1v) is 15.1. The molecule has 0 spiro atoms. The molecule has 2 aromatic heterocycles. The fraction of sp³-hybridized carbons (Fsp3) is 0.125. The van der Waals surface area contributed by atoms with Gasteiger partial charge in [-0.3, -0.25) is 15.5 Å². The van der Waals surface area contributed by atoms with Crippen LogP contribution in [0.5, 0.6) is 11.5 Å². The van der Waals surface area contributed by atoms with Gasteiger partial charge in [-0.25, -0.2) is 14.3 Å². The van der Waals surface area contributed by atoms with Crippen molar-refractivity contribution in [3.8, 4) is 17.2 Å². The third-order valence-electron chi connectivity index (χ3n) is 6.51. The summed E-state index contributed by atoms with van der Waals surface area (Å²) in [7, 11) is 5.81. The molecule has 0 aliphatic heterocycles. The molecule has 6 rings (SSSR count). The molecule has 0 unspecified atom stereocenters. The molecule has 15 heteroatoms. The zero-order valence-electron chi connectivity index (χ0n) is 25.5. The van der Waals surface area contributed by atoms with Crippen LogP contribution in [0.1, 0.15) is 21.0 Å². The summed E-state index contributed by atoms with van der Waals surface area (Å²) in [5.41, 5.74) is 3.28. The highest BCUT2D eigenvalue weighted by Gasteiger charge is 2.19. The second-order valence-corrected chi connectivity index (χ2v) is 11.2. The number of fused-ring (bicyclic) bond motifs is 2. The summed E-state index contributed by atoms with van der Waals surface area (Å²) in [5.74, 6) is 0.391. The maximum atomic E-state index is 12.0. The summed E-state index contributed by atoms with van der Waals surface area (Å²) in [6.45, 7) is 0. The van der Waals surface area contributed by atoms with Gasteiger partial charge in [0.2, 0.25) is 0 Å². The standard InChI is InChI=1S/C16H13BrN2O3.C10H10N2O3.C6H6BrNO2/c1-21-12-6-7-14-13(9-12)15(16(20)22-2)18-19(14)11-5-3-4-10(17)8-11;1-14-6-3-4-8-7(5-6)9(12-11-8)10(13)15-2;7-5-2-1-3-6(4-5)8(9)10/h3-9H,1-2H3;3-5H,1-2H3,(H,11,12);1-4,9-10H. The highest BCUT2D eigenvalue weighted by molar-refractivity contribution is 9.10. The van der Waals surface area contributed by atoms with Gasteiger partial charge >= 0.3 is 11.9 Å². The molecule has 0 atom stereocenters. The number of carbonyl (C=O) groups is 2. The fourth-order valence-electron chi connectivity index (χ4n) is 4.25. The quantitative estimate of drug-likeness (QED) is 0.118. The Hall–Kier alpha value is -4.96. The van der Waals surface area contributed by atoms with Crippen LogP contribution < -0.4 is 14.7 Å². The normalized spacial score (nSPS) is 10.3. The van der Waals surface area contributed by atoms with Gasteiger partial charge in [-0.1, -0.05) is 44.0 Å². The number of aromatic nitrogens is 4. The maximum absolute atomic E-state index is 12.0. The number of benzene rings is 4. The van der Waals surface area contributed by atoms with Crippen LogP contribution in [0.25, 0.3) is 27.5 Å². The largest absolute Gasteiger partial charge is 0.497 e. The highest BCUT2D eigenvalue weighted by Crippen LogP contribution is 2.28. The molecular weight excluding hydrogens is 742 g/mol. The molecule has 0 radical (unpaired) electrons. The van der Waals surface area contributed by atoms with Crippen LogP contribution >= 0.6 is 31.9 Å². The summed E-state index contributed by atoms with van der Waals surface area (Å²) in [6.07, 6.45) is 0. The second kappa shape index (κ2) is 16.0. The van der Waals surface area contributed by atoms with E-state index >= 15 is 0 Å². The molecule has 0 aliphatic rings. The van der Waals surface area contributed by atoms with E-state index in [-0.39, 0.29) is 16.6 Å². The number of methoxy groups -OCH3 is 4. The average molecular weight is 771 g/mol. The van der Waals surface area contributed by atoms with Gasteiger partial charge in [-0.15, -0.1) is 5.23 Å². The second-order valence-electron chi connectivity index (χ2n) is 9.36. The maximum Gasteiger partial charge on any atom is 0.359 e. The molecule has 2 heterocycles. The third-order valence-corrected chi connectivity index (χ3v) is 7.49. The molecule has 13 nitrogen and oxygen atoms in total.